The van der Waals surface area contributed by atoms with Gasteiger partial charge in [0.05, 0.1) is 6.61 Å². The molecule has 0 aromatic rings. The number of hydrogen-bond acceptors (Lipinski definition) is 8. The molecule has 0 amide bonds. The molecule has 4 aliphatic carbocycles. The summed E-state index contributed by atoms with van der Waals surface area (Å²) >= 11 is 0. The second-order valence-corrected chi connectivity index (χ2v) is 14.4. The number of fused-ring (bicyclic) bond motifs is 5. The van der Waals surface area contributed by atoms with Gasteiger partial charge in [0.2, 0.25) is 0 Å². The van der Waals surface area contributed by atoms with Crippen LogP contribution in [0.5, 0.6) is 0 Å². The summed E-state index contributed by atoms with van der Waals surface area (Å²) in [6, 6.07) is 0. The number of ketones is 3. The van der Waals surface area contributed by atoms with Gasteiger partial charge in [-0.25, -0.2) is 12.8 Å². The van der Waals surface area contributed by atoms with Crippen molar-refractivity contribution in [3.63, 3.8) is 0 Å². The zero-order valence-electron chi connectivity index (χ0n) is 23.1. The fraction of sp³-hybridized carbons (Fsp3) is 0.857. The van der Waals surface area contributed by atoms with Crippen LogP contribution in [-0.2, 0) is 34.0 Å². The van der Waals surface area contributed by atoms with Crippen molar-refractivity contribution >= 4 is 33.4 Å². The number of Topliss-reactive ketones (excluding diaryl/α,β-unsaturated/α-hetero) is 3. The molecular weight excluding hydrogens is 553 g/mol. The topological polar surface area (TPSA) is 135 Å². The average molecular weight is 592 g/mol. The van der Waals surface area contributed by atoms with E-state index in [1.54, 1.807) is 0 Å². The number of esters is 1. The molecule has 4 saturated carbocycles. The lowest BCUT2D eigenvalue weighted by Crippen LogP contribution is -2.60. The van der Waals surface area contributed by atoms with E-state index in [0.717, 1.165) is 12.8 Å². The van der Waals surface area contributed by atoms with E-state index in [9.17, 15) is 45.3 Å². The van der Waals surface area contributed by atoms with Crippen molar-refractivity contribution in [2.75, 3.05) is 6.61 Å². The quantitative estimate of drug-likeness (QED) is 0.285. The molecule has 9 atom stereocenters. The number of alkyl halides is 3. The van der Waals surface area contributed by atoms with Crippen molar-refractivity contribution in [3.05, 3.63) is 0 Å². The maximum Gasteiger partial charge on any atom is 0.364 e. The standard InChI is InChI=1S/C28H39F3O8S/c1-15(4-7-24(35)39-11-9-22(29)28(30,31)40(36,37)38)18-5-6-19-25-20(14-23(34)27(18,19)3)26(2)10-8-17(32)12-16(26)13-21(25)33/h15-16,18-20,22,25H,4-14H2,1-3H3,(H,36,37,38)/p-1/t15-,16+,18-,19+,20+,22?,25+,26+,27-/m1/s1. The third kappa shape index (κ3) is 5.16. The Balaban J connectivity index is 1.36. The smallest absolute Gasteiger partial charge is 0.364 e. The van der Waals surface area contributed by atoms with E-state index in [1.165, 1.54) is 0 Å². The van der Waals surface area contributed by atoms with E-state index >= 15 is 0 Å². The van der Waals surface area contributed by atoms with E-state index in [2.05, 4.69) is 6.92 Å². The zero-order chi connectivity index (χ0) is 29.8. The lowest BCUT2D eigenvalue weighted by molar-refractivity contribution is -0.166. The van der Waals surface area contributed by atoms with Crippen LogP contribution in [0.15, 0.2) is 0 Å². The fourth-order valence-electron chi connectivity index (χ4n) is 8.61. The predicted octanol–water partition coefficient (Wildman–Crippen LogP) is 4.40. The van der Waals surface area contributed by atoms with Gasteiger partial charge in [0.15, 0.2) is 16.3 Å². The average Bonchev–Trinajstić information content (AvgIpc) is 3.22. The van der Waals surface area contributed by atoms with Gasteiger partial charge in [-0.15, -0.1) is 0 Å². The van der Waals surface area contributed by atoms with E-state index < -0.39 is 46.0 Å². The molecule has 4 rings (SSSR count). The Morgan fingerprint density at radius 1 is 1.10 bits per heavy atom. The summed E-state index contributed by atoms with van der Waals surface area (Å²) in [6.45, 7) is 5.21. The van der Waals surface area contributed by atoms with Gasteiger partial charge in [-0.2, -0.15) is 8.78 Å². The highest BCUT2D eigenvalue weighted by atomic mass is 32.2. The first-order chi connectivity index (χ1) is 18.4. The van der Waals surface area contributed by atoms with Crippen molar-refractivity contribution in [1.82, 2.24) is 0 Å². The molecule has 0 spiro atoms. The molecular formula is C28H38F3O8S-. The van der Waals surface area contributed by atoms with Gasteiger partial charge in [0.25, 0.3) is 0 Å². The Bertz CT molecular complexity index is 1170. The van der Waals surface area contributed by atoms with Crippen molar-refractivity contribution in [2.24, 2.45) is 46.3 Å². The minimum Gasteiger partial charge on any atom is -0.743 e. The predicted molar refractivity (Wildman–Crippen MR) is 135 cm³/mol. The maximum atomic E-state index is 13.8. The third-order valence-corrected chi connectivity index (χ3v) is 12.0. The molecule has 0 aromatic carbocycles. The highest BCUT2D eigenvalue weighted by molar-refractivity contribution is 7.86. The Hall–Kier alpha value is -1.82. The number of hydrogen-bond donors (Lipinski definition) is 0. The second-order valence-electron chi connectivity index (χ2n) is 13.0. The first kappa shape index (κ1) is 31.1. The molecule has 0 bridgehead atoms. The van der Waals surface area contributed by atoms with E-state index in [-0.39, 0.29) is 64.7 Å². The summed E-state index contributed by atoms with van der Waals surface area (Å²) in [5.74, 6) is -0.861. The first-order valence-corrected chi connectivity index (χ1v) is 15.6. The normalized spacial score (nSPS) is 37.8. The molecule has 4 aliphatic rings. The van der Waals surface area contributed by atoms with Crippen LogP contribution in [0.25, 0.3) is 0 Å². The summed E-state index contributed by atoms with van der Waals surface area (Å²) in [7, 11) is -6.19. The van der Waals surface area contributed by atoms with Crippen LogP contribution >= 0.6 is 0 Å². The molecule has 8 nitrogen and oxygen atoms in total. The molecule has 226 valence electrons. The van der Waals surface area contributed by atoms with Gasteiger partial charge < -0.3 is 9.29 Å². The van der Waals surface area contributed by atoms with Gasteiger partial charge >= 0.3 is 11.2 Å². The monoisotopic (exact) mass is 591 g/mol. The van der Waals surface area contributed by atoms with E-state index in [0.29, 0.717) is 38.5 Å². The second kappa shape index (κ2) is 10.8. The van der Waals surface area contributed by atoms with E-state index in [1.807, 2.05) is 13.8 Å². The SMILES string of the molecule is C[C@H](CCC(=O)OCCC(F)C(F)(F)S(=O)(=O)[O-])[C@H]1CC[C@H]2[C@@H]3C(=O)C[C@@H]4CC(=O)CC[C@]4(C)[C@H]3CC(=O)[C@]12C. The van der Waals surface area contributed by atoms with Crippen molar-refractivity contribution in [3.8, 4) is 0 Å². The highest BCUT2D eigenvalue weighted by Gasteiger charge is 2.66. The summed E-state index contributed by atoms with van der Waals surface area (Å²) in [5, 5.41) is -5.11. The van der Waals surface area contributed by atoms with Crippen LogP contribution in [0.1, 0.15) is 85.0 Å². The maximum absolute atomic E-state index is 13.8. The van der Waals surface area contributed by atoms with Crippen LogP contribution < -0.4 is 0 Å². The largest absolute Gasteiger partial charge is 0.743 e. The summed E-state index contributed by atoms with van der Waals surface area (Å²) in [6.07, 6.45) is -0.491. The van der Waals surface area contributed by atoms with Gasteiger partial charge in [0, 0.05) is 49.9 Å². The number of carbonyl (C=O) groups is 4. The van der Waals surface area contributed by atoms with Gasteiger partial charge in [-0.05, 0) is 60.7 Å². The lowest BCUT2D eigenvalue weighted by Gasteiger charge is -2.58. The van der Waals surface area contributed by atoms with Crippen LogP contribution in [0.2, 0.25) is 0 Å². The molecule has 40 heavy (non-hydrogen) atoms. The van der Waals surface area contributed by atoms with Crippen molar-refractivity contribution in [1.29, 1.82) is 0 Å². The van der Waals surface area contributed by atoms with Crippen LogP contribution in [0.4, 0.5) is 13.2 Å². The Kier molecular flexibility index (Phi) is 8.39. The van der Waals surface area contributed by atoms with Gasteiger partial charge in [-0.1, -0.05) is 20.8 Å². The number of halogens is 3. The zero-order valence-corrected chi connectivity index (χ0v) is 23.9. The van der Waals surface area contributed by atoms with Crippen molar-refractivity contribution in [2.45, 2.75) is 96.4 Å². The molecule has 0 N–H and O–H groups in total. The molecule has 0 aromatic heterocycles. The molecule has 0 aliphatic heterocycles. The van der Waals surface area contributed by atoms with Crippen LogP contribution in [0, 0.1) is 46.3 Å². The van der Waals surface area contributed by atoms with Crippen LogP contribution in [-0.4, -0.2) is 54.3 Å². The Morgan fingerprint density at radius 3 is 2.42 bits per heavy atom. The Labute approximate surface area is 232 Å². The molecule has 12 heteroatoms. The minimum absolute atomic E-state index is 0.00889. The number of ether oxygens (including phenoxy) is 1. The molecule has 0 heterocycles. The molecule has 0 radical (unpaired) electrons. The molecule has 4 fully saturated rings. The minimum atomic E-state index is -6.19. The summed E-state index contributed by atoms with van der Waals surface area (Å²) < 4.78 is 76.4. The van der Waals surface area contributed by atoms with Crippen LogP contribution in [0.3, 0.4) is 0 Å². The highest BCUT2D eigenvalue weighted by Crippen LogP contribution is 2.66. The Morgan fingerprint density at radius 2 is 1.77 bits per heavy atom. The van der Waals surface area contributed by atoms with Gasteiger partial charge in [0.1, 0.15) is 17.3 Å². The van der Waals surface area contributed by atoms with E-state index in [4.69, 9.17) is 4.74 Å². The fourth-order valence-corrected chi connectivity index (χ4v) is 9.04. The summed E-state index contributed by atoms with van der Waals surface area (Å²) in [4.78, 5) is 51.6. The number of carbonyl (C=O) groups excluding carboxylic acids is 4. The first-order valence-electron chi connectivity index (χ1n) is 14.1. The van der Waals surface area contributed by atoms with Gasteiger partial charge in [-0.3, -0.25) is 19.2 Å². The summed E-state index contributed by atoms with van der Waals surface area (Å²) in [5.41, 5.74) is -0.928. The lowest BCUT2D eigenvalue weighted by atomic mass is 9.44. The van der Waals surface area contributed by atoms with Crippen molar-refractivity contribution < 1.29 is 50.1 Å². The molecule has 1 unspecified atom stereocenters. The third-order valence-electron chi connectivity index (χ3n) is 11.0. The molecule has 0 saturated heterocycles. The number of rotatable bonds is 9.